The van der Waals surface area contributed by atoms with Crippen LogP contribution in [0.4, 0.5) is 5.69 Å². The van der Waals surface area contributed by atoms with E-state index in [1.165, 1.54) is 11.1 Å². The number of fused-ring (bicyclic) bond motifs is 1. The molecule has 1 unspecified atom stereocenters. The summed E-state index contributed by atoms with van der Waals surface area (Å²) in [6.45, 7) is 7.41. The predicted molar refractivity (Wildman–Crippen MR) is 88.5 cm³/mol. The number of para-hydroxylation sites is 1. The maximum atomic E-state index is 6.22. The van der Waals surface area contributed by atoms with Crippen LogP contribution in [0.15, 0.2) is 42.5 Å². The van der Waals surface area contributed by atoms with Crippen molar-refractivity contribution in [3.63, 3.8) is 0 Å². The van der Waals surface area contributed by atoms with E-state index in [1.54, 1.807) is 0 Å². The summed E-state index contributed by atoms with van der Waals surface area (Å²) in [5.74, 6) is 0.746. The molecule has 0 saturated carbocycles. The van der Waals surface area contributed by atoms with Crippen molar-refractivity contribution in [2.24, 2.45) is 0 Å². The first-order valence-corrected chi connectivity index (χ1v) is 7.62. The van der Waals surface area contributed by atoms with E-state index in [9.17, 15) is 0 Å². The van der Waals surface area contributed by atoms with Crippen LogP contribution in [0.1, 0.15) is 38.0 Å². The van der Waals surface area contributed by atoms with Gasteiger partial charge in [0.05, 0.1) is 17.3 Å². The summed E-state index contributed by atoms with van der Waals surface area (Å²) >= 11 is 6.22. The summed E-state index contributed by atoms with van der Waals surface area (Å²) in [7, 11) is 0. The van der Waals surface area contributed by atoms with Gasteiger partial charge in [0.1, 0.15) is 6.10 Å². The lowest BCUT2D eigenvalue weighted by atomic mass is 9.86. The normalized spacial score (nSPS) is 17.6. The number of halogens is 1. The van der Waals surface area contributed by atoms with E-state index in [2.05, 4.69) is 50.4 Å². The van der Waals surface area contributed by atoms with Crippen molar-refractivity contribution in [1.29, 1.82) is 0 Å². The van der Waals surface area contributed by atoms with Crippen LogP contribution in [0.3, 0.4) is 0 Å². The molecule has 0 aromatic heterocycles. The zero-order valence-electron chi connectivity index (χ0n) is 12.6. The maximum absolute atomic E-state index is 6.22. The van der Waals surface area contributed by atoms with Gasteiger partial charge >= 0.3 is 0 Å². The molecule has 0 aliphatic carbocycles. The highest BCUT2D eigenvalue weighted by atomic mass is 35.5. The molecule has 21 heavy (non-hydrogen) atoms. The summed E-state index contributed by atoms with van der Waals surface area (Å²) in [6.07, 6.45) is -0.00795. The first-order valence-electron chi connectivity index (χ1n) is 7.24. The number of ether oxygens (including phenoxy) is 1. The average molecular weight is 302 g/mol. The molecule has 0 fully saturated rings. The van der Waals surface area contributed by atoms with Crippen LogP contribution in [0.2, 0.25) is 5.02 Å². The van der Waals surface area contributed by atoms with Crippen molar-refractivity contribution in [3.05, 3.63) is 58.6 Å². The summed E-state index contributed by atoms with van der Waals surface area (Å²) in [6, 6.07) is 14.4. The third-order valence-corrected chi connectivity index (χ3v) is 4.15. The van der Waals surface area contributed by atoms with Gasteiger partial charge in [-0.05, 0) is 28.7 Å². The van der Waals surface area contributed by atoms with Crippen molar-refractivity contribution in [3.8, 4) is 5.75 Å². The molecular formula is C18H20ClNO. The summed E-state index contributed by atoms with van der Waals surface area (Å²) in [5.41, 5.74) is 3.62. The fourth-order valence-corrected chi connectivity index (χ4v) is 2.76. The average Bonchev–Trinajstić information content (AvgIpc) is 2.47. The Hall–Kier alpha value is -1.67. The quantitative estimate of drug-likeness (QED) is 0.783. The number of hydrogen-bond donors (Lipinski definition) is 1. The van der Waals surface area contributed by atoms with Gasteiger partial charge in [-0.25, -0.2) is 0 Å². The predicted octanol–water partition coefficient (Wildman–Crippen LogP) is 5.18. The molecule has 1 heterocycles. The first kappa shape index (κ1) is 14.3. The van der Waals surface area contributed by atoms with E-state index in [0.717, 1.165) is 18.0 Å². The zero-order valence-corrected chi connectivity index (χ0v) is 13.4. The lowest BCUT2D eigenvalue weighted by Gasteiger charge is -2.29. The molecule has 0 amide bonds. The summed E-state index contributed by atoms with van der Waals surface area (Å²) < 4.78 is 6.08. The molecular weight excluding hydrogens is 282 g/mol. The molecule has 2 nitrogen and oxygen atoms in total. The fraction of sp³-hybridized carbons (Fsp3) is 0.333. The molecule has 2 aromatic carbocycles. The van der Waals surface area contributed by atoms with Crippen molar-refractivity contribution in [2.75, 3.05) is 11.9 Å². The van der Waals surface area contributed by atoms with Crippen LogP contribution in [0.5, 0.6) is 5.75 Å². The van der Waals surface area contributed by atoms with Crippen molar-refractivity contribution < 1.29 is 4.74 Å². The van der Waals surface area contributed by atoms with Gasteiger partial charge < -0.3 is 10.1 Å². The van der Waals surface area contributed by atoms with Gasteiger partial charge in [0, 0.05) is 0 Å². The minimum Gasteiger partial charge on any atom is -0.480 e. The van der Waals surface area contributed by atoms with E-state index < -0.39 is 0 Å². The highest BCUT2D eigenvalue weighted by molar-refractivity contribution is 6.32. The molecule has 0 saturated heterocycles. The lowest BCUT2D eigenvalue weighted by Crippen LogP contribution is -2.24. The van der Waals surface area contributed by atoms with Crippen LogP contribution in [0, 0.1) is 0 Å². The Labute approximate surface area is 131 Å². The fourth-order valence-electron chi connectivity index (χ4n) is 2.54. The second-order valence-corrected chi connectivity index (χ2v) is 6.88. The molecule has 0 bridgehead atoms. The number of rotatable bonds is 1. The first-order chi connectivity index (χ1) is 9.95. The van der Waals surface area contributed by atoms with Crippen molar-refractivity contribution in [2.45, 2.75) is 32.3 Å². The Bertz CT molecular complexity index is 643. The van der Waals surface area contributed by atoms with E-state index in [0.29, 0.717) is 5.02 Å². The molecule has 0 spiro atoms. The van der Waals surface area contributed by atoms with Crippen LogP contribution < -0.4 is 10.1 Å². The van der Waals surface area contributed by atoms with Gasteiger partial charge in [0.15, 0.2) is 5.75 Å². The van der Waals surface area contributed by atoms with Gasteiger partial charge in [-0.15, -0.1) is 0 Å². The molecule has 1 aliphatic heterocycles. The van der Waals surface area contributed by atoms with Crippen molar-refractivity contribution in [1.82, 2.24) is 0 Å². The van der Waals surface area contributed by atoms with Crippen LogP contribution >= 0.6 is 11.6 Å². The molecule has 2 aromatic rings. The molecule has 1 aliphatic rings. The van der Waals surface area contributed by atoms with E-state index in [-0.39, 0.29) is 11.5 Å². The SMILES string of the molecule is CC(C)(C)c1ccc(C2CNc3cccc(Cl)c3O2)cc1. The highest BCUT2D eigenvalue weighted by Crippen LogP contribution is 2.39. The van der Waals surface area contributed by atoms with Gasteiger partial charge in [0.2, 0.25) is 0 Å². The molecule has 3 heteroatoms. The Morgan fingerprint density at radius 2 is 1.81 bits per heavy atom. The Balaban J connectivity index is 1.85. The standard InChI is InChI=1S/C18H20ClNO/c1-18(2,3)13-9-7-12(8-10-13)16-11-20-15-6-4-5-14(19)17(15)21-16/h4-10,16,20H,11H2,1-3H3. The second kappa shape index (κ2) is 5.27. The largest absolute Gasteiger partial charge is 0.480 e. The molecule has 110 valence electrons. The summed E-state index contributed by atoms with van der Waals surface area (Å²) in [5, 5.41) is 4.04. The second-order valence-electron chi connectivity index (χ2n) is 6.48. The van der Waals surface area contributed by atoms with E-state index in [4.69, 9.17) is 16.3 Å². The van der Waals surface area contributed by atoms with Crippen LogP contribution in [-0.4, -0.2) is 6.54 Å². The lowest BCUT2D eigenvalue weighted by molar-refractivity contribution is 0.210. The highest BCUT2D eigenvalue weighted by Gasteiger charge is 2.23. The molecule has 1 atom stereocenters. The molecule has 1 N–H and O–H groups in total. The number of nitrogens with one attached hydrogen (secondary N) is 1. The minimum absolute atomic E-state index is 0.00795. The third kappa shape index (κ3) is 2.86. The monoisotopic (exact) mass is 301 g/mol. The third-order valence-electron chi connectivity index (χ3n) is 3.85. The van der Waals surface area contributed by atoms with Gasteiger partial charge in [-0.1, -0.05) is 62.7 Å². The van der Waals surface area contributed by atoms with Gasteiger partial charge in [-0.3, -0.25) is 0 Å². The number of anilines is 1. The molecule has 3 rings (SSSR count). The maximum Gasteiger partial charge on any atom is 0.161 e. The minimum atomic E-state index is -0.00795. The topological polar surface area (TPSA) is 21.3 Å². The Morgan fingerprint density at radius 1 is 1.10 bits per heavy atom. The molecule has 0 radical (unpaired) electrons. The van der Waals surface area contributed by atoms with E-state index in [1.807, 2.05) is 18.2 Å². The number of benzene rings is 2. The van der Waals surface area contributed by atoms with Crippen LogP contribution in [-0.2, 0) is 5.41 Å². The Morgan fingerprint density at radius 3 is 2.48 bits per heavy atom. The Kier molecular flexibility index (Phi) is 3.58. The van der Waals surface area contributed by atoms with Crippen LogP contribution in [0.25, 0.3) is 0 Å². The van der Waals surface area contributed by atoms with Gasteiger partial charge in [-0.2, -0.15) is 0 Å². The summed E-state index contributed by atoms with van der Waals surface area (Å²) in [4.78, 5) is 0. The zero-order chi connectivity index (χ0) is 15.0. The number of hydrogen-bond acceptors (Lipinski definition) is 2. The van der Waals surface area contributed by atoms with Gasteiger partial charge in [0.25, 0.3) is 0 Å². The van der Waals surface area contributed by atoms with Crippen molar-refractivity contribution >= 4 is 17.3 Å². The smallest absolute Gasteiger partial charge is 0.161 e. The van der Waals surface area contributed by atoms with E-state index >= 15 is 0 Å².